The van der Waals surface area contributed by atoms with Crippen LogP contribution in [-0.2, 0) is 26.7 Å². The summed E-state index contributed by atoms with van der Waals surface area (Å²) in [5, 5.41) is 0. The molecule has 0 aliphatic rings. The molecule has 0 aliphatic heterocycles. The number of aromatic nitrogens is 1. The zero-order chi connectivity index (χ0) is 24.2. The predicted octanol–water partition coefficient (Wildman–Crippen LogP) is 6.51. The van der Waals surface area contributed by atoms with Crippen molar-refractivity contribution in [2.75, 3.05) is 13.7 Å². The van der Waals surface area contributed by atoms with Gasteiger partial charge in [-0.15, -0.1) is 11.8 Å². The van der Waals surface area contributed by atoms with Crippen LogP contribution in [0.4, 0.5) is 0 Å². The van der Waals surface area contributed by atoms with E-state index < -0.39 is 5.97 Å². The molecule has 0 spiro atoms. The second-order valence-electron chi connectivity index (χ2n) is 7.93. The average molecular weight is 478 g/mol. The standard InChI is InChI=1S/C28H31NO4S/c1-21-8-6-9-22(2)28(21)34-20-25-12-7-11-24(29-25)15-18-27(30)33-32-19-5-4-10-23-13-16-26(31-3)17-14-23/h6-9,11-18H,4-5,10,19-20H2,1-3H3. The number of pyridine rings is 1. The topological polar surface area (TPSA) is 57.7 Å². The Hall–Kier alpha value is -3.09. The second-order valence-corrected chi connectivity index (χ2v) is 8.91. The third-order valence-corrected chi connectivity index (χ3v) is 6.61. The number of methoxy groups -OCH3 is 1. The number of carbonyl (C=O) groups excluding carboxylic acids is 1. The smallest absolute Gasteiger partial charge is 0.366 e. The summed E-state index contributed by atoms with van der Waals surface area (Å²) in [6.45, 7) is 4.60. The maximum Gasteiger partial charge on any atom is 0.366 e. The highest BCUT2D eigenvalue weighted by Gasteiger charge is 2.05. The number of benzene rings is 2. The highest BCUT2D eigenvalue weighted by atomic mass is 32.2. The first-order chi connectivity index (χ1) is 16.5. The summed E-state index contributed by atoms with van der Waals surface area (Å²) in [4.78, 5) is 27.7. The van der Waals surface area contributed by atoms with Crippen LogP contribution in [0.25, 0.3) is 6.08 Å². The van der Waals surface area contributed by atoms with Crippen LogP contribution in [0.3, 0.4) is 0 Å². The molecule has 34 heavy (non-hydrogen) atoms. The van der Waals surface area contributed by atoms with Crippen LogP contribution in [0.5, 0.6) is 5.75 Å². The Kier molecular flexibility index (Phi) is 10.2. The van der Waals surface area contributed by atoms with Gasteiger partial charge in [-0.05, 0) is 80.1 Å². The van der Waals surface area contributed by atoms with Gasteiger partial charge in [-0.2, -0.15) is 4.89 Å². The van der Waals surface area contributed by atoms with Crippen molar-refractivity contribution in [1.82, 2.24) is 4.98 Å². The van der Waals surface area contributed by atoms with Crippen molar-refractivity contribution in [2.45, 2.75) is 43.8 Å². The highest BCUT2D eigenvalue weighted by molar-refractivity contribution is 7.98. The van der Waals surface area contributed by atoms with E-state index in [4.69, 9.17) is 14.5 Å². The molecule has 178 valence electrons. The molecule has 0 unspecified atom stereocenters. The number of ether oxygens (including phenoxy) is 1. The van der Waals surface area contributed by atoms with Gasteiger partial charge >= 0.3 is 5.97 Å². The van der Waals surface area contributed by atoms with Gasteiger partial charge in [-0.1, -0.05) is 36.4 Å². The van der Waals surface area contributed by atoms with Crippen molar-refractivity contribution in [3.8, 4) is 5.75 Å². The average Bonchev–Trinajstić information content (AvgIpc) is 2.85. The van der Waals surface area contributed by atoms with Crippen LogP contribution in [0.2, 0.25) is 0 Å². The van der Waals surface area contributed by atoms with E-state index in [0.29, 0.717) is 12.3 Å². The Balaban J connectivity index is 1.36. The number of unbranched alkanes of at least 4 members (excludes halogenated alkanes) is 1. The molecule has 0 fully saturated rings. The first-order valence-electron chi connectivity index (χ1n) is 11.3. The number of thioether (sulfide) groups is 1. The van der Waals surface area contributed by atoms with Crippen LogP contribution in [0, 0.1) is 13.8 Å². The van der Waals surface area contributed by atoms with E-state index in [0.717, 1.165) is 36.5 Å². The summed E-state index contributed by atoms with van der Waals surface area (Å²) in [7, 11) is 1.66. The first-order valence-corrected chi connectivity index (χ1v) is 12.3. The van der Waals surface area contributed by atoms with E-state index >= 15 is 0 Å². The lowest BCUT2D eigenvalue weighted by atomic mass is 10.1. The molecule has 0 amide bonds. The number of hydrogen-bond acceptors (Lipinski definition) is 6. The highest BCUT2D eigenvalue weighted by Crippen LogP contribution is 2.28. The molecular formula is C28H31NO4S. The van der Waals surface area contributed by atoms with Gasteiger partial charge < -0.3 is 4.74 Å². The lowest BCUT2D eigenvalue weighted by Crippen LogP contribution is -2.03. The van der Waals surface area contributed by atoms with Crippen molar-refractivity contribution in [1.29, 1.82) is 0 Å². The van der Waals surface area contributed by atoms with Gasteiger partial charge in [0.1, 0.15) is 5.75 Å². The van der Waals surface area contributed by atoms with Crippen molar-refractivity contribution in [3.05, 3.63) is 94.8 Å². The predicted molar refractivity (Wildman–Crippen MR) is 137 cm³/mol. The maximum atomic E-state index is 11.9. The molecule has 1 heterocycles. The Morgan fingerprint density at radius 2 is 1.71 bits per heavy atom. The second kappa shape index (κ2) is 13.6. The lowest BCUT2D eigenvalue weighted by molar-refractivity contribution is -0.267. The van der Waals surface area contributed by atoms with E-state index in [2.05, 4.69) is 49.2 Å². The summed E-state index contributed by atoms with van der Waals surface area (Å²) in [5.74, 6) is 1.06. The SMILES string of the molecule is COc1ccc(CCCCOOC(=O)C=Cc2cccc(CSc3c(C)cccc3C)n2)cc1. The van der Waals surface area contributed by atoms with E-state index in [1.54, 1.807) is 24.9 Å². The van der Waals surface area contributed by atoms with Gasteiger partial charge in [0.25, 0.3) is 0 Å². The quantitative estimate of drug-likeness (QED) is 0.0974. The molecule has 0 atom stereocenters. The molecule has 0 N–H and O–H groups in total. The fourth-order valence-electron chi connectivity index (χ4n) is 3.41. The number of aryl methyl sites for hydroxylation is 3. The molecule has 0 aliphatic carbocycles. The summed E-state index contributed by atoms with van der Waals surface area (Å²) >= 11 is 1.77. The van der Waals surface area contributed by atoms with Gasteiger partial charge in [0.2, 0.25) is 0 Å². The minimum Gasteiger partial charge on any atom is -0.497 e. The molecule has 3 rings (SSSR count). The Morgan fingerprint density at radius 3 is 2.44 bits per heavy atom. The minimum absolute atomic E-state index is 0.360. The van der Waals surface area contributed by atoms with Crippen molar-refractivity contribution in [3.63, 3.8) is 0 Å². The molecule has 1 aromatic heterocycles. The summed E-state index contributed by atoms with van der Waals surface area (Å²) in [6, 6.07) is 20.1. The van der Waals surface area contributed by atoms with Crippen molar-refractivity contribution < 1.29 is 19.3 Å². The van der Waals surface area contributed by atoms with E-state index in [-0.39, 0.29) is 0 Å². The van der Waals surface area contributed by atoms with Crippen molar-refractivity contribution in [2.24, 2.45) is 0 Å². The number of carbonyl (C=O) groups is 1. The first kappa shape index (κ1) is 25.5. The fraction of sp³-hybridized carbons (Fsp3) is 0.286. The van der Waals surface area contributed by atoms with E-state index in [9.17, 15) is 4.79 Å². The fourth-order valence-corrected chi connectivity index (χ4v) is 4.45. The number of nitrogens with zero attached hydrogens (tertiary/aromatic N) is 1. The van der Waals surface area contributed by atoms with Crippen LogP contribution in [-0.4, -0.2) is 24.7 Å². The Bertz CT molecular complexity index is 1080. The molecule has 0 saturated heterocycles. The van der Waals surface area contributed by atoms with Crippen LogP contribution in [0.15, 0.2) is 71.6 Å². The Labute approximate surface area is 206 Å². The van der Waals surface area contributed by atoms with Crippen molar-refractivity contribution >= 4 is 23.8 Å². The zero-order valence-corrected chi connectivity index (χ0v) is 20.8. The molecular weight excluding hydrogens is 446 g/mol. The molecule has 5 nitrogen and oxygen atoms in total. The lowest BCUT2D eigenvalue weighted by Gasteiger charge is -2.09. The van der Waals surface area contributed by atoms with Crippen LogP contribution in [0.1, 0.15) is 40.9 Å². The third kappa shape index (κ3) is 8.36. The van der Waals surface area contributed by atoms with E-state index in [1.165, 1.54) is 27.7 Å². The maximum absolute atomic E-state index is 11.9. The van der Waals surface area contributed by atoms with Gasteiger partial charge in [0.05, 0.1) is 25.1 Å². The summed E-state index contributed by atoms with van der Waals surface area (Å²) in [6.07, 6.45) is 5.65. The Morgan fingerprint density at radius 1 is 0.971 bits per heavy atom. The van der Waals surface area contributed by atoms with Crippen LogP contribution < -0.4 is 4.74 Å². The van der Waals surface area contributed by atoms with Gasteiger partial charge in [0.15, 0.2) is 0 Å². The molecule has 6 heteroatoms. The van der Waals surface area contributed by atoms with E-state index in [1.807, 2.05) is 30.3 Å². The van der Waals surface area contributed by atoms with Gasteiger partial charge in [-0.25, -0.2) is 4.79 Å². The summed E-state index contributed by atoms with van der Waals surface area (Å²) < 4.78 is 5.16. The normalized spacial score (nSPS) is 11.0. The molecule has 2 aromatic carbocycles. The minimum atomic E-state index is -0.549. The zero-order valence-electron chi connectivity index (χ0n) is 20.0. The molecule has 3 aromatic rings. The number of rotatable bonds is 12. The van der Waals surface area contributed by atoms with Gasteiger partial charge in [0, 0.05) is 16.7 Å². The number of hydrogen-bond donors (Lipinski definition) is 0. The molecule has 0 radical (unpaired) electrons. The summed E-state index contributed by atoms with van der Waals surface area (Å²) in [5.41, 5.74) is 5.43. The monoisotopic (exact) mass is 477 g/mol. The van der Waals surface area contributed by atoms with Crippen LogP contribution >= 0.6 is 11.8 Å². The third-order valence-electron chi connectivity index (χ3n) is 5.23. The molecule has 0 saturated carbocycles. The molecule has 0 bridgehead atoms. The van der Waals surface area contributed by atoms with Gasteiger partial charge in [-0.3, -0.25) is 9.87 Å². The largest absolute Gasteiger partial charge is 0.497 e.